The van der Waals surface area contributed by atoms with E-state index in [-0.39, 0.29) is 17.1 Å². The fraction of sp³-hybridized carbons (Fsp3) is 0.385. The van der Waals surface area contributed by atoms with Crippen LogP contribution in [0.15, 0.2) is 30.3 Å². The van der Waals surface area contributed by atoms with E-state index in [9.17, 15) is 9.59 Å². The first-order valence-corrected chi connectivity index (χ1v) is 6.65. The van der Waals surface area contributed by atoms with E-state index in [4.69, 9.17) is 4.74 Å². The van der Waals surface area contributed by atoms with Crippen LogP contribution in [0.3, 0.4) is 0 Å². The number of rotatable bonds is 6. The second-order valence-electron chi connectivity index (χ2n) is 3.82. The van der Waals surface area contributed by atoms with E-state index in [2.05, 4.69) is 5.32 Å². The molecular formula is C13H17NO3S. The zero-order chi connectivity index (χ0) is 13.4. The highest BCUT2D eigenvalue weighted by atomic mass is 32.2. The summed E-state index contributed by atoms with van der Waals surface area (Å²) in [6.45, 7) is 3.31. The summed E-state index contributed by atoms with van der Waals surface area (Å²) in [6.07, 6.45) is 0. The molecule has 98 valence electrons. The monoisotopic (exact) mass is 267 g/mol. The molecule has 0 aliphatic rings. The first-order valence-electron chi connectivity index (χ1n) is 5.66. The maximum atomic E-state index is 11.0. The van der Waals surface area contributed by atoms with Crippen molar-refractivity contribution < 1.29 is 14.3 Å². The molecule has 0 fully saturated rings. The minimum absolute atomic E-state index is 0.0325. The summed E-state index contributed by atoms with van der Waals surface area (Å²) in [5, 5.41) is 2.80. The molecule has 18 heavy (non-hydrogen) atoms. The summed E-state index contributed by atoms with van der Waals surface area (Å²) in [5.41, 5.74) is 0. The van der Waals surface area contributed by atoms with Crippen LogP contribution in [0.4, 0.5) is 0 Å². The molecule has 0 bridgehead atoms. The topological polar surface area (TPSA) is 55.4 Å². The number of ether oxygens (including phenoxy) is 1. The Morgan fingerprint density at radius 3 is 2.50 bits per heavy atom. The molecule has 0 heterocycles. The van der Waals surface area contributed by atoms with Crippen molar-refractivity contribution in [3.63, 3.8) is 0 Å². The van der Waals surface area contributed by atoms with Gasteiger partial charge >= 0.3 is 0 Å². The summed E-state index contributed by atoms with van der Waals surface area (Å²) in [5.74, 6) is 1.14. The summed E-state index contributed by atoms with van der Waals surface area (Å²) >= 11 is 1.18. The number of nitrogens with one attached hydrogen (secondary N) is 1. The molecule has 0 spiro atoms. The number of carbonyl (C=O) groups is 2. The van der Waals surface area contributed by atoms with Crippen LogP contribution in [-0.4, -0.2) is 29.4 Å². The molecule has 4 nitrogen and oxygen atoms in total. The average Bonchev–Trinajstić information content (AvgIpc) is 2.33. The molecule has 1 N–H and O–H groups in total. The van der Waals surface area contributed by atoms with Crippen LogP contribution >= 0.6 is 11.8 Å². The minimum atomic E-state index is -0.170. The van der Waals surface area contributed by atoms with E-state index >= 15 is 0 Å². The highest BCUT2D eigenvalue weighted by Crippen LogP contribution is 2.10. The standard InChI is InChI=1S/C13H17NO3S/c1-10(15)14-12(9-18-11(2)16)8-17-13-6-4-3-5-7-13/h3-7,12H,8-9H2,1-2H3,(H,14,15). The number of para-hydroxylation sites is 1. The summed E-state index contributed by atoms with van der Waals surface area (Å²) in [6, 6.07) is 9.20. The Hall–Kier alpha value is -1.49. The lowest BCUT2D eigenvalue weighted by atomic mass is 10.3. The number of carbonyl (C=O) groups excluding carboxylic acids is 2. The Morgan fingerprint density at radius 1 is 1.28 bits per heavy atom. The predicted molar refractivity (Wildman–Crippen MR) is 72.7 cm³/mol. The SMILES string of the molecule is CC(=O)NC(COc1ccccc1)CSC(C)=O. The lowest BCUT2D eigenvalue weighted by molar-refractivity contribution is -0.119. The minimum Gasteiger partial charge on any atom is -0.491 e. The molecule has 1 aromatic carbocycles. The number of thioether (sulfide) groups is 1. The normalized spacial score (nSPS) is 11.7. The van der Waals surface area contributed by atoms with Gasteiger partial charge in [0.05, 0.1) is 6.04 Å². The van der Waals surface area contributed by atoms with Crippen molar-refractivity contribution in [3.8, 4) is 5.75 Å². The number of benzene rings is 1. The van der Waals surface area contributed by atoms with E-state index in [1.165, 1.54) is 25.6 Å². The number of amides is 1. The smallest absolute Gasteiger partial charge is 0.217 e. The van der Waals surface area contributed by atoms with Crippen molar-refractivity contribution in [3.05, 3.63) is 30.3 Å². The van der Waals surface area contributed by atoms with Crippen molar-refractivity contribution in [2.75, 3.05) is 12.4 Å². The van der Waals surface area contributed by atoms with Gasteiger partial charge in [0.15, 0.2) is 5.12 Å². The van der Waals surface area contributed by atoms with Crippen LogP contribution < -0.4 is 10.1 Å². The van der Waals surface area contributed by atoms with Gasteiger partial charge in [0, 0.05) is 19.6 Å². The Labute approximate surface area is 111 Å². The number of hydrogen-bond acceptors (Lipinski definition) is 4. The molecule has 1 atom stereocenters. The molecular weight excluding hydrogens is 250 g/mol. The van der Waals surface area contributed by atoms with Crippen LogP contribution in [0.1, 0.15) is 13.8 Å². The van der Waals surface area contributed by atoms with Crippen molar-refractivity contribution in [2.24, 2.45) is 0 Å². The van der Waals surface area contributed by atoms with Gasteiger partial charge in [-0.25, -0.2) is 0 Å². The average molecular weight is 267 g/mol. The summed E-state index contributed by atoms with van der Waals surface area (Å²) in [7, 11) is 0. The third-order valence-electron chi connectivity index (χ3n) is 2.09. The Morgan fingerprint density at radius 2 is 1.94 bits per heavy atom. The maximum absolute atomic E-state index is 11.0. The Balaban J connectivity index is 2.45. The Bertz CT molecular complexity index is 394. The van der Waals surface area contributed by atoms with Crippen molar-refractivity contribution >= 4 is 22.8 Å². The van der Waals surface area contributed by atoms with Crippen molar-refractivity contribution in [1.29, 1.82) is 0 Å². The van der Waals surface area contributed by atoms with Crippen LogP contribution in [0.2, 0.25) is 0 Å². The highest BCUT2D eigenvalue weighted by Gasteiger charge is 2.12. The van der Waals surface area contributed by atoms with Gasteiger partial charge in [0.2, 0.25) is 5.91 Å². The summed E-state index contributed by atoms with van der Waals surface area (Å²) < 4.78 is 5.56. The second kappa shape index (κ2) is 7.76. The molecule has 1 amide bonds. The third kappa shape index (κ3) is 6.30. The first-order chi connectivity index (χ1) is 8.58. The third-order valence-corrected chi connectivity index (χ3v) is 3.07. The Kier molecular flexibility index (Phi) is 6.28. The molecule has 0 aromatic heterocycles. The van der Waals surface area contributed by atoms with Gasteiger partial charge in [0.1, 0.15) is 12.4 Å². The fourth-order valence-electron chi connectivity index (χ4n) is 1.35. The summed E-state index contributed by atoms with van der Waals surface area (Å²) in [4.78, 5) is 22.0. The number of hydrogen-bond donors (Lipinski definition) is 1. The molecule has 0 aliphatic heterocycles. The van der Waals surface area contributed by atoms with Crippen LogP contribution in [0, 0.1) is 0 Å². The highest BCUT2D eigenvalue weighted by molar-refractivity contribution is 8.13. The van der Waals surface area contributed by atoms with E-state index < -0.39 is 0 Å². The van der Waals surface area contributed by atoms with Gasteiger partial charge in [-0.05, 0) is 12.1 Å². The van der Waals surface area contributed by atoms with Crippen LogP contribution in [-0.2, 0) is 9.59 Å². The van der Waals surface area contributed by atoms with Crippen LogP contribution in [0.5, 0.6) is 5.75 Å². The molecule has 0 aliphatic carbocycles. The molecule has 1 aromatic rings. The van der Waals surface area contributed by atoms with Gasteiger partial charge < -0.3 is 10.1 Å². The lowest BCUT2D eigenvalue weighted by Gasteiger charge is -2.17. The molecule has 1 unspecified atom stereocenters. The molecule has 1 rings (SSSR count). The molecule has 0 saturated carbocycles. The molecule has 5 heteroatoms. The van der Waals surface area contributed by atoms with Crippen molar-refractivity contribution in [2.45, 2.75) is 19.9 Å². The van der Waals surface area contributed by atoms with E-state index in [0.29, 0.717) is 12.4 Å². The fourth-order valence-corrected chi connectivity index (χ4v) is 1.97. The zero-order valence-electron chi connectivity index (χ0n) is 10.5. The zero-order valence-corrected chi connectivity index (χ0v) is 11.3. The van der Waals surface area contributed by atoms with Crippen LogP contribution in [0.25, 0.3) is 0 Å². The van der Waals surface area contributed by atoms with Gasteiger partial charge in [-0.3, -0.25) is 9.59 Å². The van der Waals surface area contributed by atoms with Gasteiger partial charge in [-0.1, -0.05) is 30.0 Å². The van der Waals surface area contributed by atoms with Gasteiger partial charge in [-0.15, -0.1) is 0 Å². The lowest BCUT2D eigenvalue weighted by Crippen LogP contribution is -2.39. The first kappa shape index (κ1) is 14.6. The second-order valence-corrected chi connectivity index (χ2v) is 5.02. The maximum Gasteiger partial charge on any atom is 0.217 e. The van der Waals surface area contributed by atoms with E-state index in [1.807, 2.05) is 30.3 Å². The molecule has 0 radical (unpaired) electrons. The van der Waals surface area contributed by atoms with Gasteiger partial charge in [0.25, 0.3) is 0 Å². The van der Waals surface area contributed by atoms with E-state index in [1.54, 1.807) is 0 Å². The largest absolute Gasteiger partial charge is 0.491 e. The van der Waals surface area contributed by atoms with Crippen molar-refractivity contribution in [1.82, 2.24) is 5.32 Å². The quantitative estimate of drug-likeness (QED) is 0.854. The van der Waals surface area contributed by atoms with Gasteiger partial charge in [-0.2, -0.15) is 0 Å². The molecule has 0 saturated heterocycles. The predicted octanol–water partition coefficient (Wildman–Crippen LogP) is 1.85. The van der Waals surface area contributed by atoms with E-state index in [0.717, 1.165) is 5.75 Å².